The van der Waals surface area contributed by atoms with Crippen LogP contribution < -0.4 is 0 Å². The fourth-order valence-corrected chi connectivity index (χ4v) is 3.31. The van der Waals surface area contributed by atoms with Gasteiger partial charge in [-0.25, -0.2) is 4.79 Å². The third kappa shape index (κ3) is 3.15. The van der Waals surface area contributed by atoms with Crippen LogP contribution in [0.25, 0.3) is 0 Å². The van der Waals surface area contributed by atoms with Crippen molar-refractivity contribution in [1.29, 1.82) is 0 Å². The Morgan fingerprint density at radius 2 is 1.46 bits per heavy atom. The van der Waals surface area contributed by atoms with E-state index in [9.17, 15) is 27.6 Å². The molecule has 0 spiro atoms. The number of carbonyl (C=O) groups is 3. The first-order valence-corrected chi connectivity index (χ1v) is 8.32. The van der Waals surface area contributed by atoms with Crippen molar-refractivity contribution in [3.05, 3.63) is 70.8 Å². The minimum atomic E-state index is -4.49. The normalized spacial score (nSPS) is 16.0. The Morgan fingerprint density at radius 3 is 1.89 bits per heavy atom. The zero-order valence-electron chi connectivity index (χ0n) is 15.0. The summed E-state index contributed by atoms with van der Waals surface area (Å²) in [5, 5.41) is 0. The lowest BCUT2D eigenvalue weighted by Gasteiger charge is -2.34. The number of rotatable bonds is 4. The average molecular weight is 391 g/mol. The first-order valence-electron chi connectivity index (χ1n) is 8.32. The molecule has 28 heavy (non-hydrogen) atoms. The van der Waals surface area contributed by atoms with E-state index in [4.69, 9.17) is 4.74 Å². The number of hydrogen-bond acceptors (Lipinski definition) is 4. The minimum absolute atomic E-state index is 0.162. The number of carbonyl (C=O) groups excluding carboxylic acids is 3. The fourth-order valence-electron chi connectivity index (χ4n) is 3.31. The lowest BCUT2D eigenvalue weighted by molar-refractivity contribution is -0.151. The van der Waals surface area contributed by atoms with Gasteiger partial charge >= 0.3 is 12.1 Å². The number of benzene rings is 2. The maximum atomic E-state index is 12.8. The third-order valence-electron chi connectivity index (χ3n) is 4.74. The van der Waals surface area contributed by atoms with Crippen molar-refractivity contribution in [3.63, 3.8) is 0 Å². The minimum Gasteiger partial charge on any atom is -0.467 e. The van der Waals surface area contributed by atoms with E-state index in [2.05, 4.69) is 0 Å². The molecule has 0 radical (unpaired) electrons. The predicted octanol–water partition coefficient (Wildman–Crippen LogP) is 3.48. The molecule has 146 valence electrons. The molecule has 8 heteroatoms. The number of methoxy groups -OCH3 is 1. The Kier molecular flexibility index (Phi) is 4.74. The molecule has 2 aromatic carbocycles. The number of esters is 1. The van der Waals surface area contributed by atoms with Crippen molar-refractivity contribution in [3.8, 4) is 0 Å². The van der Waals surface area contributed by atoms with Gasteiger partial charge in [0.2, 0.25) is 0 Å². The van der Waals surface area contributed by atoms with Crippen LogP contribution in [0.3, 0.4) is 0 Å². The number of ether oxygens (including phenoxy) is 1. The van der Waals surface area contributed by atoms with Gasteiger partial charge in [0.15, 0.2) is 0 Å². The Hall–Kier alpha value is -3.16. The van der Waals surface area contributed by atoms with Crippen molar-refractivity contribution >= 4 is 17.8 Å². The first-order chi connectivity index (χ1) is 13.1. The second kappa shape index (κ2) is 6.78. The Morgan fingerprint density at radius 1 is 0.964 bits per heavy atom. The van der Waals surface area contributed by atoms with Gasteiger partial charge in [0, 0.05) is 6.42 Å². The van der Waals surface area contributed by atoms with E-state index in [0.717, 1.165) is 24.1 Å². The molecular weight excluding hydrogens is 375 g/mol. The number of amides is 2. The van der Waals surface area contributed by atoms with Gasteiger partial charge in [-0.1, -0.05) is 24.3 Å². The molecule has 1 atom stereocenters. The van der Waals surface area contributed by atoms with E-state index in [0.29, 0.717) is 5.56 Å². The molecule has 1 heterocycles. The van der Waals surface area contributed by atoms with Crippen LogP contribution >= 0.6 is 0 Å². The molecule has 0 saturated carbocycles. The number of fused-ring (bicyclic) bond motifs is 1. The predicted molar refractivity (Wildman–Crippen MR) is 92.5 cm³/mol. The highest BCUT2D eigenvalue weighted by Crippen LogP contribution is 2.34. The highest BCUT2D eigenvalue weighted by Gasteiger charge is 2.51. The molecule has 0 N–H and O–H groups in total. The molecule has 2 amide bonds. The van der Waals surface area contributed by atoms with Crippen molar-refractivity contribution in [2.24, 2.45) is 0 Å². The number of alkyl halides is 3. The summed E-state index contributed by atoms with van der Waals surface area (Å²) in [5.74, 6) is -2.15. The van der Waals surface area contributed by atoms with Crippen LogP contribution in [-0.4, -0.2) is 35.3 Å². The molecule has 3 rings (SSSR count). The Labute approximate surface area is 158 Å². The molecule has 0 fully saturated rings. The van der Waals surface area contributed by atoms with Crippen LogP contribution in [0.4, 0.5) is 13.2 Å². The maximum Gasteiger partial charge on any atom is 0.416 e. The van der Waals surface area contributed by atoms with Crippen molar-refractivity contribution in [1.82, 2.24) is 4.90 Å². The van der Waals surface area contributed by atoms with Crippen molar-refractivity contribution < 1.29 is 32.3 Å². The average Bonchev–Trinajstić information content (AvgIpc) is 2.92. The summed E-state index contributed by atoms with van der Waals surface area (Å²) in [5.41, 5.74) is -1.89. The molecule has 0 saturated heterocycles. The number of nitrogens with zero attached hydrogens (tertiary/aromatic N) is 1. The smallest absolute Gasteiger partial charge is 0.416 e. The highest BCUT2D eigenvalue weighted by molar-refractivity contribution is 6.23. The molecule has 2 aromatic rings. The highest BCUT2D eigenvalue weighted by atomic mass is 19.4. The van der Waals surface area contributed by atoms with Crippen LogP contribution in [-0.2, 0) is 22.1 Å². The van der Waals surface area contributed by atoms with E-state index >= 15 is 0 Å². The van der Waals surface area contributed by atoms with Crippen LogP contribution in [0.2, 0.25) is 0 Å². The topological polar surface area (TPSA) is 63.7 Å². The van der Waals surface area contributed by atoms with E-state index in [1.54, 1.807) is 12.1 Å². The summed E-state index contributed by atoms with van der Waals surface area (Å²) >= 11 is 0. The largest absolute Gasteiger partial charge is 0.467 e. The van der Waals surface area contributed by atoms with Gasteiger partial charge in [0.1, 0.15) is 5.54 Å². The molecule has 5 nitrogen and oxygen atoms in total. The summed E-state index contributed by atoms with van der Waals surface area (Å²) < 4.78 is 43.1. The van der Waals surface area contributed by atoms with Crippen LogP contribution in [0.5, 0.6) is 0 Å². The second-order valence-electron chi connectivity index (χ2n) is 6.63. The van der Waals surface area contributed by atoms with Gasteiger partial charge in [-0.2, -0.15) is 13.2 Å². The van der Waals surface area contributed by atoms with E-state index in [1.165, 1.54) is 31.2 Å². The fraction of sp³-hybridized carbons (Fsp3) is 0.250. The number of halogens is 3. The molecule has 1 unspecified atom stereocenters. The first kappa shape index (κ1) is 19.6. The van der Waals surface area contributed by atoms with Gasteiger partial charge in [0.25, 0.3) is 11.8 Å². The molecular formula is C20H16F3NO4. The molecule has 0 aliphatic carbocycles. The standard InChI is InChI=1S/C20H16F3NO4/c1-19(18(27)28-2,11-12-7-9-13(10-8-12)20(21,22)23)24-16(25)14-5-3-4-6-15(14)17(24)26/h3-10H,11H2,1-2H3. The van der Waals surface area contributed by atoms with Crippen LogP contribution in [0, 0.1) is 0 Å². The molecule has 1 aliphatic rings. The van der Waals surface area contributed by atoms with Gasteiger partial charge in [-0.15, -0.1) is 0 Å². The number of hydrogen-bond donors (Lipinski definition) is 0. The summed E-state index contributed by atoms with van der Waals surface area (Å²) in [4.78, 5) is 39.0. The van der Waals surface area contributed by atoms with Crippen LogP contribution in [0.1, 0.15) is 38.8 Å². The quantitative estimate of drug-likeness (QED) is 0.591. The molecule has 1 aliphatic heterocycles. The third-order valence-corrected chi connectivity index (χ3v) is 4.74. The van der Waals surface area contributed by atoms with Crippen molar-refractivity contribution in [2.75, 3.05) is 7.11 Å². The van der Waals surface area contributed by atoms with E-state index in [-0.39, 0.29) is 17.5 Å². The Balaban J connectivity index is 2.00. The molecule has 0 aromatic heterocycles. The summed E-state index contributed by atoms with van der Waals surface area (Å²) in [6.45, 7) is 1.36. The summed E-state index contributed by atoms with van der Waals surface area (Å²) in [6.07, 6.45) is -4.68. The van der Waals surface area contributed by atoms with E-state index in [1.807, 2.05) is 0 Å². The zero-order valence-corrected chi connectivity index (χ0v) is 15.0. The molecule has 0 bridgehead atoms. The SMILES string of the molecule is COC(=O)C(C)(Cc1ccc(C(F)(F)F)cc1)N1C(=O)c2ccccc2C1=O. The van der Waals surface area contributed by atoms with Gasteiger partial charge in [0.05, 0.1) is 23.8 Å². The second-order valence-corrected chi connectivity index (χ2v) is 6.63. The Bertz CT molecular complexity index is 918. The summed E-state index contributed by atoms with van der Waals surface area (Å²) in [6, 6.07) is 10.3. The van der Waals surface area contributed by atoms with Gasteiger partial charge < -0.3 is 4.74 Å². The van der Waals surface area contributed by atoms with Crippen molar-refractivity contribution in [2.45, 2.75) is 25.1 Å². The van der Waals surface area contributed by atoms with Gasteiger partial charge in [-0.3, -0.25) is 14.5 Å². The van der Waals surface area contributed by atoms with Gasteiger partial charge in [-0.05, 0) is 36.8 Å². The maximum absolute atomic E-state index is 12.8. The monoisotopic (exact) mass is 391 g/mol. The zero-order chi connectivity index (χ0) is 20.7. The lowest BCUT2D eigenvalue weighted by atomic mass is 9.90. The number of imide groups is 1. The van der Waals surface area contributed by atoms with Crippen LogP contribution in [0.15, 0.2) is 48.5 Å². The van der Waals surface area contributed by atoms with E-state index < -0.39 is 35.1 Å². The lowest BCUT2D eigenvalue weighted by Crippen LogP contribution is -2.57. The summed E-state index contributed by atoms with van der Waals surface area (Å²) in [7, 11) is 1.12.